The van der Waals surface area contributed by atoms with E-state index in [1.807, 2.05) is 6.07 Å². The van der Waals surface area contributed by atoms with Crippen LogP contribution in [0.5, 0.6) is 0 Å². The maximum absolute atomic E-state index is 13.1. The molecule has 3 heteroatoms. The lowest BCUT2D eigenvalue weighted by atomic mass is 10.0. The zero-order valence-electron chi connectivity index (χ0n) is 10.6. The Morgan fingerprint density at radius 2 is 2.06 bits per heavy atom. The fourth-order valence-electron chi connectivity index (χ4n) is 3.06. The van der Waals surface area contributed by atoms with Crippen molar-refractivity contribution >= 4 is 11.8 Å². The first kappa shape index (κ1) is 12.5. The van der Waals surface area contributed by atoms with E-state index in [1.54, 1.807) is 12.1 Å². The molecule has 18 heavy (non-hydrogen) atoms. The molecule has 1 fully saturated rings. The predicted octanol–water partition coefficient (Wildman–Crippen LogP) is 3.55. The van der Waals surface area contributed by atoms with Crippen LogP contribution in [0.25, 0.3) is 0 Å². The molecule has 0 saturated carbocycles. The minimum Gasteiger partial charge on any atom is -0.310 e. The Morgan fingerprint density at radius 1 is 1.22 bits per heavy atom. The molecule has 1 aliphatic heterocycles. The predicted molar refractivity (Wildman–Crippen MR) is 75.5 cm³/mol. The number of hydrogen-bond donors (Lipinski definition) is 1. The van der Waals surface area contributed by atoms with E-state index in [1.165, 1.54) is 35.5 Å². The van der Waals surface area contributed by atoms with Gasteiger partial charge in [0.05, 0.1) is 0 Å². The van der Waals surface area contributed by atoms with Crippen LogP contribution in [0.1, 0.15) is 36.4 Å². The van der Waals surface area contributed by atoms with Crippen LogP contribution in [0.3, 0.4) is 0 Å². The summed E-state index contributed by atoms with van der Waals surface area (Å²) >= 11 is 2.08. The summed E-state index contributed by atoms with van der Waals surface area (Å²) in [4.78, 5) is 0. The summed E-state index contributed by atoms with van der Waals surface area (Å²) < 4.78 is 13.1. The lowest BCUT2D eigenvalue weighted by Crippen LogP contribution is -2.28. The van der Waals surface area contributed by atoms with Crippen molar-refractivity contribution in [1.29, 1.82) is 0 Å². The van der Waals surface area contributed by atoms with E-state index in [0.29, 0.717) is 6.04 Å². The summed E-state index contributed by atoms with van der Waals surface area (Å²) in [7, 11) is 0. The standard InChI is InChI=1S/C15H20FNS/c16-13-2-3-14-12(9-13)1-4-15(14)17-10-11-5-7-18-8-6-11/h2-3,9,11,15,17H,1,4-8,10H2. The molecule has 0 amide bonds. The van der Waals surface area contributed by atoms with Crippen molar-refractivity contribution in [3.8, 4) is 0 Å². The summed E-state index contributed by atoms with van der Waals surface area (Å²) in [5, 5.41) is 3.70. The summed E-state index contributed by atoms with van der Waals surface area (Å²) in [6.07, 6.45) is 4.84. The third kappa shape index (κ3) is 2.72. The lowest BCUT2D eigenvalue weighted by molar-refractivity contribution is 0.409. The maximum atomic E-state index is 13.1. The fourth-order valence-corrected chi connectivity index (χ4v) is 4.26. The monoisotopic (exact) mass is 265 g/mol. The van der Waals surface area contributed by atoms with Crippen LogP contribution in [0.4, 0.5) is 4.39 Å². The van der Waals surface area contributed by atoms with Gasteiger partial charge in [-0.15, -0.1) is 0 Å². The van der Waals surface area contributed by atoms with Gasteiger partial charge in [-0.2, -0.15) is 11.8 Å². The molecule has 1 aliphatic carbocycles. The Balaban J connectivity index is 1.59. The Labute approximate surface area is 113 Å². The molecule has 2 aliphatic rings. The Bertz CT molecular complexity index is 415. The van der Waals surface area contributed by atoms with Crippen molar-refractivity contribution in [3.05, 3.63) is 35.1 Å². The molecule has 0 aromatic heterocycles. The summed E-state index contributed by atoms with van der Waals surface area (Å²) in [6.45, 7) is 1.13. The average molecular weight is 265 g/mol. The Hall–Kier alpha value is -0.540. The van der Waals surface area contributed by atoms with E-state index < -0.39 is 0 Å². The minimum absolute atomic E-state index is 0.0984. The summed E-state index contributed by atoms with van der Waals surface area (Å²) in [5.41, 5.74) is 2.52. The largest absolute Gasteiger partial charge is 0.310 e. The average Bonchev–Trinajstić information content (AvgIpc) is 2.80. The van der Waals surface area contributed by atoms with E-state index in [0.717, 1.165) is 25.3 Å². The second kappa shape index (κ2) is 5.62. The van der Waals surface area contributed by atoms with Crippen molar-refractivity contribution < 1.29 is 4.39 Å². The lowest BCUT2D eigenvalue weighted by Gasteiger charge is -2.24. The van der Waals surface area contributed by atoms with Gasteiger partial charge in [0.1, 0.15) is 5.82 Å². The number of rotatable bonds is 3. The first-order chi connectivity index (χ1) is 8.83. The van der Waals surface area contributed by atoms with Crippen LogP contribution >= 0.6 is 11.8 Å². The van der Waals surface area contributed by atoms with Gasteiger partial charge in [-0.05, 0) is 72.9 Å². The maximum Gasteiger partial charge on any atom is 0.123 e. The van der Waals surface area contributed by atoms with Crippen molar-refractivity contribution in [2.75, 3.05) is 18.1 Å². The molecular weight excluding hydrogens is 245 g/mol. The zero-order chi connectivity index (χ0) is 12.4. The van der Waals surface area contributed by atoms with Crippen molar-refractivity contribution in [3.63, 3.8) is 0 Å². The molecular formula is C15H20FNS. The van der Waals surface area contributed by atoms with Gasteiger partial charge in [0.2, 0.25) is 0 Å². The Morgan fingerprint density at radius 3 is 2.89 bits per heavy atom. The van der Waals surface area contributed by atoms with Crippen LogP contribution in [0, 0.1) is 11.7 Å². The topological polar surface area (TPSA) is 12.0 Å². The van der Waals surface area contributed by atoms with Crippen LogP contribution in [-0.2, 0) is 6.42 Å². The SMILES string of the molecule is Fc1ccc2c(c1)CCC2NCC1CCSCC1. The molecule has 1 atom stereocenters. The number of hydrogen-bond acceptors (Lipinski definition) is 2. The van der Waals surface area contributed by atoms with Crippen LogP contribution < -0.4 is 5.32 Å². The number of aryl methyl sites for hydroxylation is 1. The number of halogens is 1. The number of fused-ring (bicyclic) bond motifs is 1. The van der Waals surface area contributed by atoms with Gasteiger partial charge in [-0.25, -0.2) is 4.39 Å². The third-order valence-corrected chi connectivity index (χ3v) is 5.23. The highest BCUT2D eigenvalue weighted by molar-refractivity contribution is 7.99. The van der Waals surface area contributed by atoms with Crippen LogP contribution in [0.15, 0.2) is 18.2 Å². The fraction of sp³-hybridized carbons (Fsp3) is 0.600. The van der Waals surface area contributed by atoms with Crippen LogP contribution in [-0.4, -0.2) is 18.1 Å². The van der Waals surface area contributed by atoms with Gasteiger partial charge in [-0.1, -0.05) is 6.07 Å². The molecule has 1 aromatic rings. The molecule has 1 saturated heterocycles. The normalized spacial score (nSPS) is 24.2. The van der Waals surface area contributed by atoms with Crippen molar-refractivity contribution in [1.82, 2.24) is 5.32 Å². The second-order valence-corrected chi connectivity index (χ2v) is 6.62. The number of nitrogens with one attached hydrogen (secondary N) is 1. The second-order valence-electron chi connectivity index (χ2n) is 5.40. The third-order valence-electron chi connectivity index (χ3n) is 4.18. The van der Waals surface area contributed by atoms with E-state index >= 15 is 0 Å². The van der Waals surface area contributed by atoms with E-state index in [2.05, 4.69) is 17.1 Å². The van der Waals surface area contributed by atoms with Gasteiger partial charge < -0.3 is 5.32 Å². The molecule has 0 spiro atoms. The molecule has 0 bridgehead atoms. The highest BCUT2D eigenvalue weighted by atomic mass is 32.2. The molecule has 1 nitrogen and oxygen atoms in total. The van der Waals surface area contributed by atoms with Gasteiger partial charge in [0.15, 0.2) is 0 Å². The molecule has 0 radical (unpaired) electrons. The quantitative estimate of drug-likeness (QED) is 0.897. The van der Waals surface area contributed by atoms with E-state index in [-0.39, 0.29) is 5.82 Å². The molecule has 1 unspecified atom stereocenters. The molecule has 3 rings (SSSR count). The molecule has 1 aromatic carbocycles. The summed E-state index contributed by atoms with van der Waals surface area (Å²) in [5.74, 6) is 3.38. The number of thioether (sulfide) groups is 1. The van der Waals surface area contributed by atoms with Gasteiger partial charge in [0, 0.05) is 6.04 Å². The molecule has 1 N–H and O–H groups in total. The van der Waals surface area contributed by atoms with Crippen molar-refractivity contribution in [2.45, 2.75) is 31.7 Å². The molecule has 98 valence electrons. The zero-order valence-corrected chi connectivity index (χ0v) is 11.4. The smallest absolute Gasteiger partial charge is 0.123 e. The van der Waals surface area contributed by atoms with Crippen molar-refractivity contribution in [2.24, 2.45) is 5.92 Å². The summed E-state index contributed by atoms with van der Waals surface area (Å²) in [6, 6.07) is 5.71. The molecule has 1 heterocycles. The van der Waals surface area contributed by atoms with Crippen LogP contribution in [0.2, 0.25) is 0 Å². The number of benzene rings is 1. The van der Waals surface area contributed by atoms with Gasteiger partial charge >= 0.3 is 0 Å². The van der Waals surface area contributed by atoms with E-state index in [4.69, 9.17) is 0 Å². The van der Waals surface area contributed by atoms with E-state index in [9.17, 15) is 4.39 Å². The van der Waals surface area contributed by atoms with Gasteiger partial charge in [-0.3, -0.25) is 0 Å². The highest BCUT2D eigenvalue weighted by Gasteiger charge is 2.23. The first-order valence-electron chi connectivity index (χ1n) is 6.92. The first-order valence-corrected chi connectivity index (χ1v) is 8.08. The highest BCUT2D eigenvalue weighted by Crippen LogP contribution is 2.32. The van der Waals surface area contributed by atoms with Gasteiger partial charge in [0.25, 0.3) is 0 Å². The minimum atomic E-state index is -0.0984. The Kier molecular flexibility index (Phi) is 3.90.